The van der Waals surface area contributed by atoms with Crippen molar-refractivity contribution < 1.29 is 39.1 Å². The van der Waals surface area contributed by atoms with Crippen LogP contribution in [-0.4, -0.2) is 15.0 Å². The first-order valence-corrected chi connectivity index (χ1v) is 12.3. The number of ether oxygens (including phenoxy) is 4. The van der Waals surface area contributed by atoms with Crippen LogP contribution >= 0.6 is 0 Å². The van der Waals surface area contributed by atoms with E-state index in [0.29, 0.717) is 46.4 Å². The molecule has 0 atom stereocenters. The zero-order valence-electron chi connectivity index (χ0n) is 21.4. The maximum atomic E-state index is 5.99. The average molecular weight is 715 g/mol. The van der Waals surface area contributed by atoms with Crippen molar-refractivity contribution in [3.8, 4) is 57.6 Å². The predicted molar refractivity (Wildman–Crippen MR) is 148 cm³/mol. The first kappa shape index (κ1) is 27.5. The Hall–Kier alpha value is -5.04. The third-order valence-electron chi connectivity index (χ3n) is 5.39. The molecule has 41 heavy (non-hydrogen) atoms. The molecule has 8 heteroatoms. The Morgan fingerprint density at radius 1 is 0.415 bits per heavy atom. The van der Waals surface area contributed by atoms with Gasteiger partial charge in [-0.05, 0) is 17.8 Å². The Balaban J connectivity index is 0.00000337. The molecular formula is C33H20IrN3O4. The summed E-state index contributed by atoms with van der Waals surface area (Å²) < 4.78 is 23.6. The fourth-order valence-electron chi connectivity index (χ4n) is 3.65. The summed E-state index contributed by atoms with van der Waals surface area (Å²) in [5, 5.41) is 0. The maximum absolute atomic E-state index is 5.99. The van der Waals surface area contributed by atoms with E-state index < -0.39 is 0 Å². The fraction of sp³-hybridized carbons (Fsp3) is 0. The van der Waals surface area contributed by atoms with E-state index in [1.165, 1.54) is 0 Å². The summed E-state index contributed by atoms with van der Waals surface area (Å²) in [6.45, 7) is 0. The van der Waals surface area contributed by atoms with Crippen LogP contribution in [-0.2, 0) is 20.1 Å². The van der Waals surface area contributed by atoms with E-state index in [0.717, 1.165) is 11.3 Å². The second kappa shape index (κ2) is 13.3. The van der Waals surface area contributed by atoms with Crippen LogP contribution in [0.25, 0.3) is 11.3 Å². The molecule has 6 aromatic rings. The number of aromatic nitrogens is 3. The van der Waals surface area contributed by atoms with E-state index >= 15 is 0 Å². The molecule has 0 radical (unpaired) electrons. The molecule has 0 spiro atoms. The minimum Gasteiger partial charge on any atom is -0.503 e. The molecule has 0 bridgehead atoms. The standard InChI is InChI=1S/C33H20N3O4.Ir/c1-3-19-34-30(15-1)24-9-5-10-25(21-24)37-26-11-6-13-28(22-26)39-32-17-8-18-33(36-32)40-29-14-7-12-27(23-29)38-31-16-2-4-20-35-31;/h1-20H;/q-3;+3. The summed E-state index contributed by atoms with van der Waals surface area (Å²) in [6.07, 6.45) is 3.40. The molecule has 0 N–H and O–H groups in total. The topological polar surface area (TPSA) is 75.6 Å². The summed E-state index contributed by atoms with van der Waals surface area (Å²) in [7, 11) is 0. The number of nitrogens with zero attached hydrogens (tertiary/aromatic N) is 3. The van der Waals surface area contributed by atoms with Gasteiger partial charge < -0.3 is 23.9 Å². The van der Waals surface area contributed by atoms with Gasteiger partial charge in [-0.2, -0.15) is 17.1 Å². The number of benzene rings is 3. The van der Waals surface area contributed by atoms with Crippen LogP contribution in [0.3, 0.4) is 0 Å². The third kappa shape index (κ3) is 7.54. The molecule has 200 valence electrons. The van der Waals surface area contributed by atoms with Crippen LogP contribution in [0.15, 0.2) is 122 Å². The normalized spacial score (nSPS) is 10.2. The molecule has 0 amide bonds. The predicted octanol–water partition coefficient (Wildman–Crippen LogP) is 8.11. The minimum absolute atomic E-state index is 0. The number of rotatable bonds is 9. The fourth-order valence-corrected chi connectivity index (χ4v) is 3.65. The largest absolute Gasteiger partial charge is 3.00 e. The van der Waals surface area contributed by atoms with Gasteiger partial charge in [0.15, 0.2) is 0 Å². The zero-order chi connectivity index (χ0) is 27.0. The van der Waals surface area contributed by atoms with Crippen molar-refractivity contribution in [2.75, 3.05) is 0 Å². The van der Waals surface area contributed by atoms with Crippen LogP contribution in [0.2, 0.25) is 0 Å². The van der Waals surface area contributed by atoms with Gasteiger partial charge in [0.1, 0.15) is 0 Å². The van der Waals surface area contributed by atoms with Crippen molar-refractivity contribution in [2.24, 2.45) is 0 Å². The minimum atomic E-state index is 0. The monoisotopic (exact) mass is 715 g/mol. The maximum Gasteiger partial charge on any atom is 3.00 e. The summed E-state index contributed by atoms with van der Waals surface area (Å²) in [5.41, 5.74) is 1.64. The van der Waals surface area contributed by atoms with Gasteiger partial charge in [-0.3, -0.25) is 0 Å². The molecular weight excluding hydrogens is 695 g/mol. The van der Waals surface area contributed by atoms with Crippen LogP contribution in [0.4, 0.5) is 0 Å². The average Bonchev–Trinajstić information content (AvgIpc) is 2.99. The quantitative estimate of drug-likeness (QED) is 0.140. The van der Waals surface area contributed by atoms with E-state index in [9.17, 15) is 0 Å². The molecule has 0 unspecified atom stereocenters. The SMILES string of the molecule is [Ir+3].[c-]1c(Oc2[c-]c(-c3ccccn3)ccc2)cccc1Oc1cccc(Oc2[c-]c(Oc3ccccn3)ccc2)n1. The van der Waals surface area contributed by atoms with Crippen molar-refractivity contribution in [1.82, 2.24) is 15.0 Å². The number of pyridine rings is 3. The molecule has 0 aliphatic heterocycles. The van der Waals surface area contributed by atoms with Crippen LogP contribution in [0.5, 0.6) is 46.4 Å². The second-order valence-electron chi connectivity index (χ2n) is 8.29. The van der Waals surface area contributed by atoms with Crippen LogP contribution in [0.1, 0.15) is 0 Å². The van der Waals surface area contributed by atoms with E-state index in [1.807, 2.05) is 54.6 Å². The summed E-state index contributed by atoms with van der Waals surface area (Å²) >= 11 is 0. The molecule has 3 aromatic carbocycles. The second-order valence-corrected chi connectivity index (χ2v) is 8.29. The summed E-state index contributed by atoms with van der Waals surface area (Å²) in [5.74, 6) is 3.47. The van der Waals surface area contributed by atoms with Crippen LogP contribution < -0.4 is 18.9 Å². The zero-order valence-corrected chi connectivity index (χ0v) is 23.8. The summed E-state index contributed by atoms with van der Waals surface area (Å²) in [4.78, 5) is 13.0. The van der Waals surface area contributed by atoms with E-state index in [2.05, 4.69) is 33.2 Å². The van der Waals surface area contributed by atoms with Gasteiger partial charge in [-0.1, -0.05) is 42.5 Å². The van der Waals surface area contributed by atoms with Gasteiger partial charge in [0.05, 0.1) is 0 Å². The molecule has 7 nitrogen and oxygen atoms in total. The van der Waals surface area contributed by atoms with Crippen molar-refractivity contribution in [3.05, 3.63) is 140 Å². The van der Waals surface area contributed by atoms with Crippen LogP contribution in [0, 0.1) is 18.2 Å². The Morgan fingerprint density at radius 2 is 0.902 bits per heavy atom. The molecule has 3 heterocycles. The number of hydrogen-bond donors (Lipinski definition) is 0. The Bertz CT molecular complexity index is 1720. The van der Waals surface area contributed by atoms with Gasteiger partial charge in [-0.15, -0.1) is 48.0 Å². The number of hydrogen-bond acceptors (Lipinski definition) is 7. The van der Waals surface area contributed by atoms with Gasteiger partial charge in [0.25, 0.3) is 0 Å². The molecule has 0 fully saturated rings. The van der Waals surface area contributed by atoms with Crippen molar-refractivity contribution in [2.45, 2.75) is 0 Å². The summed E-state index contributed by atoms with van der Waals surface area (Å²) in [6, 6.07) is 42.1. The Labute approximate surface area is 250 Å². The van der Waals surface area contributed by atoms with Gasteiger partial charge in [0, 0.05) is 59.3 Å². The molecule has 0 aliphatic carbocycles. The molecule has 0 saturated carbocycles. The Kier molecular flexibility index (Phi) is 8.96. The van der Waals surface area contributed by atoms with Gasteiger partial charge in [-0.25, -0.2) is 4.98 Å². The van der Waals surface area contributed by atoms with Crippen molar-refractivity contribution in [1.29, 1.82) is 0 Å². The third-order valence-corrected chi connectivity index (χ3v) is 5.39. The van der Waals surface area contributed by atoms with E-state index in [1.54, 1.807) is 67.0 Å². The smallest absolute Gasteiger partial charge is 0.503 e. The van der Waals surface area contributed by atoms with Gasteiger partial charge >= 0.3 is 20.1 Å². The first-order valence-electron chi connectivity index (χ1n) is 12.3. The van der Waals surface area contributed by atoms with Gasteiger partial charge in [0.2, 0.25) is 17.6 Å². The molecule has 0 saturated heterocycles. The van der Waals surface area contributed by atoms with E-state index in [4.69, 9.17) is 18.9 Å². The Morgan fingerprint density at radius 3 is 1.49 bits per heavy atom. The molecule has 6 rings (SSSR count). The van der Waals surface area contributed by atoms with Crippen molar-refractivity contribution in [3.63, 3.8) is 0 Å². The molecule has 3 aromatic heterocycles. The molecule has 0 aliphatic rings. The van der Waals surface area contributed by atoms with E-state index in [-0.39, 0.29) is 20.1 Å². The first-order chi connectivity index (χ1) is 19.8. The van der Waals surface area contributed by atoms with Crippen molar-refractivity contribution >= 4 is 0 Å².